The number of hydrogen-bond donors (Lipinski definition) is 1. The van der Waals surface area contributed by atoms with Crippen molar-refractivity contribution in [3.8, 4) is 0 Å². The SMILES string of the molecule is CC(C)C(=O)N1CCc2cc(C(O)CN3CCN(c4ncccn4)CC3)ccc21. The molecule has 1 aromatic heterocycles. The van der Waals surface area contributed by atoms with Crippen molar-refractivity contribution in [2.45, 2.75) is 26.4 Å². The zero-order chi connectivity index (χ0) is 20.4. The molecule has 1 N–H and O–H groups in total. The van der Waals surface area contributed by atoms with Gasteiger partial charge < -0.3 is 14.9 Å². The van der Waals surface area contributed by atoms with Gasteiger partial charge in [0.2, 0.25) is 11.9 Å². The van der Waals surface area contributed by atoms with Gasteiger partial charge in [-0.1, -0.05) is 26.0 Å². The first-order valence-electron chi connectivity index (χ1n) is 10.4. The largest absolute Gasteiger partial charge is 0.387 e. The van der Waals surface area contributed by atoms with Gasteiger partial charge in [0, 0.05) is 63.3 Å². The van der Waals surface area contributed by atoms with Crippen LogP contribution in [0.2, 0.25) is 0 Å². The number of β-amino-alcohol motifs (C(OH)–C–C–N with tert-alkyl or cyclic N) is 1. The summed E-state index contributed by atoms with van der Waals surface area (Å²) in [6.07, 6.45) is 3.85. The molecular formula is C22H29N5O2. The number of anilines is 2. The lowest BCUT2D eigenvalue weighted by Crippen LogP contribution is -2.48. The maximum Gasteiger partial charge on any atom is 0.229 e. The van der Waals surface area contributed by atoms with E-state index in [0.717, 1.165) is 61.9 Å². The molecule has 29 heavy (non-hydrogen) atoms. The second kappa shape index (κ2) is 8.47. The van der Waals surface area contributed by atoms with E-state index < -0.39 is 6.10 Å². The molecule has 0 radical (unpaired) electrons. The number of amides is 1. The fourth-order valence-electron chi connectivity index (χ4n) is 4.10. The van der Waals surface area contributed by atoms with E-state index >= 15 is 0 Å². The summed E-state index contributed by atoms with van der Waals surface area (Å²) in [5, 5.41) is 10.8. The third-order valence-corrected chi connectivity index (χ3v) is 5.78. The third kappa shape index (κ3) is 4.26. The van der Waals surface area contributed by atoms with Crippen molar-refractivity contribution >= 4 is 17.5 Å². The average Bonchev–Trinajstić information content (AvgIpc) is 3.17. The van der Waals surface area contributed by atoms with E-state index in [1.807, 2.05) is 36.9 Å². The lowest BCUT2D eigenvalue weighted by atomic mass is 10.0. The minimum atomic E-state index is -0.533. The van der Waals surface area contributed by atoms with Gasteiger partial charge in [0.25, 0.3) is 0 Å². The van der Waals surface area contributed by atoms with Gasteiger partial charge >= 0.3 is 0 Å². The van der Waals surface area contributed by atoms with E-state index in [9.17, 15) is 9.90 Å². The smallest absolute Gasteiger partial charge is 0.229 e. The van der Waals surface area contributed by atoms with Crippen LogP contribution >= 0.6 is 0 Å². The van der Waals surface area contributed by atoms with Gasteiger partial charge in [-0.05, 0) is 29.7 Å². The number of hydrogen-bond acceptors (Lipinski definition) is 6. The van der Waals surface area contributed by atoms with Crippen molar-refractivity contribution in [3.63, 3.8) is 0 Å². The lowest BCUT2D eigenvalue weighted by molar-refractivity contribution is -0.121. The highest BCUT2D eigenvalue weighted by molar-refractivity contribution is 5.96. The van der Waals surface area contributed by atoms with Gasteiger partial charge in [-0.25, -0.2) is 9.97 Å². The van der Waals surface area contributed by atoms with Crippen LogP contribution in [0.5, 0.6) is 0 Å². The molecule has 2 aromatic rings. The Labute approximate surface area is 172 Å². The molecule has 0 saturated carbocycles. The van der Waals surface area contributed by atoms with Gasteiger partial charge in [-0.15, -0.1) is 0 Å². The number of benzene rings is 1. The number of piperazine rings is 1. The number of fused-ring (bicyclic) bond motifs is 1. The molecule has 0 aliphatic carbocycles. The molecule has 2 aliphatic rings. The van der Waals surface area contributed by atoms with Gasteiger partial charge in [0.05, 0.1) is 6.10 Å². The molecule has 1 atom stereocenters. The number of nitrogens with zero attached hydrogens (tertiary/aromatic N) is 5. The van der Waals surface area contributed by atoms with Crippen LogP contribution in [0, 0.1) is 5.92 Å². The Balaban J connectivity index is 1.35. The molecule has 1 amide bonds. The van der Waals surface area contributed by atoms with Crippen molar-refractivity contribution in [2.24, 2.45) is 5.92 Å². The van der Waals surface area contributed by atoms with Crippen LogP contribution in [0.4, 0.5) is 11.6 Å². The highest BCUT2D eigenvalue weighted by Gasteiger charge is 2.27. The van der Waals surface area contributed by atoms with Crippen molar-refractivity contribution in [1.82, 2.24) is 14.9 Å². The highest BCUT2D eigenvalue weighted by Crippen LogP contribution is 2.32. The van der Waals surface area contributed by atoms with Crippen LogP contribution in [0.1, 0.15) is 31.1 Å². The molecule has 7 nitrogen and oxygen atoms in total. The minimum absolute atomic E-state index is 0.00818. The maximum absolute atomic E-state index is 12.4. The van der Waals surface area contributed by atoms with Crippen molar-refractivity contribution in [1.29, 1.82) is 0 Å². The van der Waals surface area contributed by atoms with E-state index in [4.69, 9.17) is 0 Å². The van der Waals surface area contributed by atoms with Crippen LogP contribution in [0.25, 0.3) is 0 Å². The summed E-state index contributed by atoms with van der Waals surface area (Å²) in [6.45, 7) is 8.66. The predicted octanol–water partition coefficient (Wildman–Crippen LogP) is 1.88. The van der Waals surface area contributed by atoms with Gasteiger partial charge in [0.15, 0.2) is 0 Å². The quantitative estimate of drug-likeness (QED) is 0.833. The van der Waals surface area contributed by atoms with Crippen LogP contribution < -0.4 is 9.80 Å². The van der Waals surface area contributed by atoms with Crippen LogP contribution in [-0.4, -0.2) is 65.2 Å². The highest BCUT2D eigenvalue weighted by atomic mass is 16.3. The van der Waals surface area contributed by atoms with E-state index in [1.54, 1.807) is 12.4 Å². The Morgan fingerprint density at radius 1 is 1.10 bits per heavy atom. The fraction of sp³-hybridized carbons (Fsp3) is 0.500. The molecule has 4 rings (SSSR count). The van der Waals surface area contributed by atoms with Crippen LogP contribution in [0.15, 0.2) is 36.7 Å². The monoisotopic (exact) mass is 395 g/mol. The normalized spacial score (nSPS) is 18.2. The Morgan fingerprint density at radius 2 is 1.83 bits per heavy atom. The van der Waals surface area contributed by atoms with E-state index in [0.29, 0.717) is 6.54 Å². The number of carbonyl (C=O) groups excluding carboxylic acids is 1. The molecule has 0 spiro atoms. The maximum atomic E-state index is 12.4. The van der Waals surface area contributed by atoms with Gasteiger partial charge in [0.1, 0.15) is 0 Å². The lowest BCUT2D eigenvalue weighted by Gasteiger charge is -2.35. The molecule has 3 heterocycles. The predicted molar refractivity (Wildman–Crippen MR) is 113 cm³/mol. The molecule has 0 bridgehead atoms. The second-order valence-corrected chi connectivity index (χ2v) is 8.13. The van der Waals surface area contributed by atoms with E-state index in [2.05, 4.69) is 25.8 Å². The topological polar surface area (TPSA) is 72.8 Å². The summed E-state index contributed by atoms with van der Waals surface area (Å²) in [6, 6.07) is 7.85. The molecule has 1 aromatic carbocycles. The summed E-state index contributed by atoms with van der Waals surface area (Å²) in [7, 11) is 0. The number of aliphatic hydroxyl groups excluding tert-OH is 1. The summed E-state index contributed by atoms with van der Waals surface area (Å²) >= 11 is 0. The van der Waals surface area contributed by atoms with Gasteiger partial charge in [-0.2, -0.15) is 0 Å². The first-order chi connectivity index (χ1) is 14.0. The molecule has 1 fully saturated rings. The number of carbonyl (C=O) groups is 1. The van der Waals surface area contributed by atoms with Crippen molar-refractivity contribution in [2.75, 3.05) is 49.1 Å². The molecule has 1 saturated heterocycles. The minimum Gasteiger partial charge on any atom is -0.387 e. The standard InChI is InChI=1S/C22H29N5O2/c1-16(2)21(29)27-9-6-17-14-18(4-5-19(17)27)20(28)15-25-10-12-26(13-11-25)22-23-7-3-8-24-22/h3-5,7-8,14,16,20,28H,6,9-13,15H2,1-2H3. The van der Waals surface area contributed by atoms with Crippen LogP contribution in [0.3, 0.4) is 0 Å². The van der Waals surface area contributed by atoms with Crippen molar-refractivity contribution < 1.29 is 9.90 Å². The van der Waals surface area contributed by atoms with E-state index in [1.165, 1.54) is 0 Å². The number of aliphatic hydroxyl groups is 1. The molecule has 7 heteroatoms. The average molecular weight is 396 g/mol. The first kappa shape index (κ1) is 19.8. The Kier molecular flexibility index (Phi) is 5.78. The molecule has 154 valence electrons. The Morgan fingerprint density at radius 3 is 2.52 bits per heavy atom. The van der Waals surface area contributed by atoms with Gasteiger partial charge in [-0.3, -0.25) is 9.69 Å². The summed E-state index contributed by atoms with van der Waals surface area (Å²) in [4.78, 5) is 27.3. The zero-order valence-electron chi connectivity index (χ0n) is 17.2. The summed E-state index contributed by atoms with van der Waals surface area (Å²) in [5.74, 6) is 0.926. The van der Waals surface area contributed by atoms with Crippen molar-refractivity contribution in [3.05, 3.63) is 47.8 Å². The molecule has 1 unspecified atom stereocenters. The number of rotatable bonds is 5. The van der Waals surface area contributed by atoms with Crippen LogP contribution in [-0.2, 0) is 11.2 Å². The fourth-order valence-corrected chi connectivity index (χ4v) is 4.10. The zero-order valence-corrected chi connectivity index (χ0v) is 17.2. The second-order valence-electron chi connectivity index (χ2n) is 8.13. The third-order valence-electron chi connectivity index (χ3n) is 5.78. The first-order valence-corrected chi connectivity index (χ1v) is 10.4. The van der Waals surface area contributed by atoms with E-state index in [-0.39, 0.29) is 11.8 Å². The number of aromatic nitrogens is 2. The Bertz CT molecular complexity index is 850. The summed E-state index contributed by atoms with van der Waals surface area (Å²) in [5.41, 5.74) is 3.08. The summed E-state index contributed by atoms with van der Waals surface area (Å²) < 4.78 is 0. The Hall–Kier alpha value is -2.51. The molecular weight excluding hydrogens is 366 g/mol. The molecule has 2 aliphatic heterocycles.